The number of rotatable bonds is 10. The maximum atomic E-state index is 14.6. The van der Waals surface area contributed by atoms with Crippen LogP contribution in [0.4, 0.5) is 10.1 Å². The maximum absolute atomic E-state index is 14.6. The second kappa shape index (κ2) is 12.0. The van der Waals surface area contributed by atoms with Gasteiger partial charge in [-0.3, -0.25) is 19.9 Å². The van der Waals surface area contributed by atoms with Crippen molar-refractivity contribution in [2.24, 2.45) is 0 Å². The molecule has 0 radical (unpaired) electrons. The second-order valence-corrected chi connectivity index (χ2v) is 10.6. The fourth-order valence-corrected chi connectivity index (χ4v) is 4.94. The predicted octanol–water partition coefficient (Wildman–Crippen LogP) is 6.05. The molecular formula is C32H31FN8O2. The van der Waals surface area contributed by atoms with Crippen molar-refractivity contribution < 1.29 is 13.9 Å². The van der Waals surface area contributed by atoms with Crippen LogP contribution in [0.25, 0.3) is 55.6 Å². The first kappa shape index (κ1) is 28.0. The number of aromatic nitrogens is 6. The van der Waals surface area contributed by atoms with Crippen molar-refractivity contribution in [1.82, 2.24) is 35.0 Å². The Morgan fingerprint density at radius 1 is 0.953 bits per heavy atom. The summed E-state index contributed by atoms with van der Waals surface area (Å²) < 4.78 is 20.5. The summed E-state index contributed by atoms with van der Waals surface area (Å²) in [6.45, 7) is 3.13. The zero-order valence-electron chi connectivity index (χ0n) is 24.1. The van der Waals surface area contributed by atoms with Crippen molar-refractivity contribution in [2.45, 2.75) is 19.8 Å². The lowest BCUT2D eigenvalue weighted by Gasteiger charge is -2.12. The van der Waals surface area contributed by atoms with Crippen LogP contribution in [0.2, 0.25) is 0 Å². The van der Waals surface area contributed by atoms with Crippen LogP contribution < -0.4 is 10.1 Å². The lowest BCUT2D eigenvalue weighted by Crippen LogP contribution is -2.19. The first-order chi connectivity index (χ1) is 20.9. The number of amides is 1. The van der Waals surface area contributed by atoms with Crippen molar-refractivity contribution in [3.05, 3.63) is 73.2 Å². The van der Waals surface area contributed by atoms with Gasteiger partial charge in [0.25, 0.3) is 0 Å². The number of halogens is 1. The van der Waals surface area contributed by atoms with Gasteiger partial charge in [-0.15, -0.1) is 0 Å². The van der Waals surface area contributed by atoms with Gasteiger partial charge in [-0.05, 0) is 56.4 Å². The number of likely N-dealkylation sites (N-methyl/N-ethyl adjacent to an activating group) is 1. The molecule has 6 rings (SSSR count). The lowest BCUT2D eigenvalue weighted by atomic mass is 10.0. The highest BCUT2D eigenvalue weighted by Gasteiger charge is 2.16. The van der Waals surface area contributed by atoms with E-state index in [2.05, 4.69) is 35.5 Å². The number of benzene rings is 1. The minimum absolute atomic E-state index is 0.0499. The topological polar surface area (TPSA) is 125 Å². The van der Waals surface area contributed by atoms with Crippen LogP contribution in [0.5, 0.6) is 5.75 Å². The van der Waals surface area contributed by atoms with E-state index >= 15 is 0 Å². The van der Waals surface area contributed by atoms with E-state index < -0.39 is 0 Å². The molecule has 1 aromatic carbocycles. The molecule has 10 nitrogen and oxygen atoms in total. The van der Waals surface area contributed by atoms with Crippen LogP contribution in [-0.2, 0) is 4.79 Å². The summed E-state index contributed by atoms with van der Waals surface area (Å²) in [5.74, 6) is 0.0316. The number of hydrogen-bond donors (Lipinski definition) is 3. The van der Waals surface area contributed by atoms with E-state index in [0.29, 0.717) is 35.7 Å². The number of carbonyl (C=O) groups excluding carboxylic acids is 1. The Bertz CT molecular complexity index is 1930. The van der Waals surface area contributed by atoms with Crippen molar-refractivity contribution in [2.75, 3.05) is 32.6 Å². The van der Waals surface area contributed by atoms with E-state index in [-0.39, 0.29) is 11.7 Å². The van der Waals surface area contributed by atoms with E-state index in [4.69, 9.17) is 4.74 Å². The Hall–Kier alpha value is -5.16. The molecule has 0 spiro atoms. The monoisotopic (exact) mass is 578 g/mol. The number of aromatic amines is 2. The number of H-pyrrole nitrogens is 2. The van der Waals surface area contributed by atoms with Crippen LogP contribution in [0.3, 0.4) is 0 Å². The highest BCUT2D eigenvalue weighted by atomic mass is 19.1. The minimum atomic E-state index is -0.383. The van der Waals surface area contributed by atoms with Crippen LogP contribution in [0.15, 0.2) is 67.4 Å². The third kappa shape index (κ3) is 6.07. The SMILES string of the molecule is CCCC(=O)Nc1cncc(-c2cnc3n[nH]c(-c4cc5c(-c6cc(F)cc(OCCN(C)C)c6)cncc5[nH]4)c3c2)c1. The number of pyridine rings is 3. The molecule has 218 valence electrons. The Balaban J connectivity index is 1.35. The Kier molecular flexibility index (Phi) is 7.80. The maximum Gasteiger partial charge on any atom is 0.224 e. The molecule has 0 aliphatic rings. The van der Waals surface area contributed by atoms with E-state index in [0.717, 1.165) is 57.3 Å². The molecule has 6 aromatic rings. The number of fused-ring (bicyclic) bond motifs is 2. The fourth-order valence-electron chi connectivity index (χ4n) is 4.94. The summed E-state index contributed by atoms with van der Waals surface area (Å²) in [5.41, 5.74) is 6.58. The van der Waals surface area contributed by atoms with Crippen molar-refractivity contribution in [1.29, 1.82) is 0 Å². The summed E-state index contributed by atoms with van der Waals surface area (Å²) in [5, 5.41) is 12.1. The van der Waals surface area contributed by atoms with E-state index in [9.17, 15) is 9.18 Å². The smallest absolute Gasteiger partial charge is 0.224 e. The van der Waals surface area contributed by atoms with Gasteiger partial charge in [-0.1, -0.05) is 6.92 Å². The fraction of sp³-hybridized carbons (Fsp3) is 0.219. The third-order valence-electron chi connectivity index (χ3n) is 7.05. The molecule has 1 amide bonds. The van der Waals surface area contributed by atoms with Gasteiger partial charge in [-0.2, -0.15) is 5.10 Å². The summed E-state index contributed by atoms with van der Waals surface area (Å²) in [6.07, 6.45) is 9.77. The molecule has 5 heterocycles. The number of ether oxygens (including phenoxy) is 1. The van der Waals surface area contributed by atoms with Crippen molar-refractivity contribution in [3.8, 4) is 39.4 Å². The molecular weight excluding hydrogens is 547 g/mol. The number of nitrogens with one attached hydrogen (secondary N) is 3. The van der Waals surface area contributed by atoms with Gasteiger partial charge in [0.05, 0.1) is 35.0 Å². The average molecular weight is 579 g/mol. The van der Waals surface area contributed by atoms with Crippen LogP contribution in [0, 0.1) is 5.82 Å². The normalized spacial score (nSPS) is 11.5. The van der Waals surface area contributed by atoms with Crippen LogP contribution >= 0.6 is 0 Å². The van der Waals surface area contributed by atoms with Gasteiger partial charge in [0.2, 0.25) is 5.91 Å². The molecule has 0 saturated carbocycles. The third-order valence-corrected chi connectivity index (χ3v) is 7.05. The van der Waals surface area contributed by atoms with Gasteiger partial charge in [0.15, 0.2) is 5.65 Å². The first-order valence-corrected chi connectivity index (χ1v) is 14.0. The molecule has 11 heteroatoms. The molecule has 0 unspecified atom stereocenters. The van der Waals surface area contributed by atoms with E-state index in [1.54, 1.807) is 31.0 Å². The standard InChI is InChI=1S/C32H31FN8O2/c1-4-5-30(42)37-23-9-20(14-34-16-23)21-11-26-31(39-40-32(26)36-15-21)28-13-25-27(17-35-18-29(25)38-28)19-8-22(33)12-24(10-19)43-7-6-41(2)3/h8-18,38H,4-7H2,1-3H3,(H,37,42)(H,36,39,40). The first-order valence-electron chi connectivity index (χ1n) is 14.0. The van der Waals surface area contributed by atoms with Crippen molar-refractivity contribution in [3.63, 3.8) is 0 Å². The summed E-state index contributed by atoms with van der Waals surface area (Å²) in [6, 6.07) is 10.6. The van der Waals surface area contributed by atoms with Gasteiger partial charge in [-0.25, -0.2) is 9.37 Å². The van der Waals surface area contributed by atoms with Gasteiger partial charge >= 0.3 is 0 Å². The average Bonchev–Trinajstić information content (AvgIpc) is 3.60. The number of anilines is 1. The van der Waals surface area contributed by atoms with Gasteiger partial charge in [0, 0.05) is 65.1 Å². The molecule has 0 saturated heterocycles. The second-order valence-electron chi connectivity index (χ2n) is 10.6. The minimum Gasteiger partial charge on any atom is -0.492 e. The van der Waals surface area contributed by atoms with E-state index in [1.165, 1.54) is 12.1 Å². The molecule has 0 aliphatic heterocycles. The van der Waals surface area contributed by atoms with Gasteiger partial charge in [0.1, 0.15) is 18.2 Å². The Labute approximate surface area is 247 Å². The number of carbonyl (C=O) groups is 1. The summed E-state index contributed by atoms with van der Waals surface area (Å²) >= 11 is 0. The molecule has 0 fully saturated rings. The Morgan fingerprint density at radius 3 is 2.63 bits per heavy atom. The zero-order valence-corrected chi connectivity index (χ0v) is 24.1. The lowest BCUT2D eigenvalue weighted by molar-refractivity contribution is -0.116. The van der Waals surface area contributed by atoms with E-state index in [1.807, 2.05) is 50.2 Å². The predicted molar refractivity (Wildman–Crippen MR) is 165 cm³/mol. The van der Waals surface area contributed by atoms with Crippen LogP contribution in [0.1, 0.15) is 19.8 Å². The summed E-state index contributed by atoms with van der Waals surface area (Å²) in [4.78, 5) is 30.8. The molecule has 3 N–H and O–H groups in total. The molecule has 0 atom stereocenters. The number of hydrogen-bond acceptors (Lipinski definition) is 7. The summed E-state index contributed by atoms with van der Waals surface area (Å²) in [7, 11) is 3.92. The Morgan fingerprint density at radius 2 is 1.79 bits per heavy atom. The number of nitrogens with zero attached hydrogens (tertiary/aromatic N) is 5. The highest BCUT2D eigenvalue weighted by molar-refractivity contribution is 6.01. The van der Waals surface area contributed by atoms with Gasteiger partial charge < -0.3 is 19.9 Å². The molecule has 43 heavy (non-hydrogen) atoms. The zero-order chi connectivity index (χ0) is 29.9. The molecule has 0 aliphatic carbocycles. The largest absolute Gasteiger partial charge is 0.492 e. The quantitative estimate of drug-likeness (QED) is 0.181. The van der Waals surface area contributed by atoms with Crippen molar-refractivity contribution >= 4 is 33.5 Å². The molecule has 5 aromatic heterocycles. The highest BCUT2D eigenvalue weighted by Crippen LogP contribution is 2.35. The molecule has 0 bridgehead atoms. The van der Waals surface area contributed by atoms with Crippen LogP contribution in [-0.4, -0.2) is 68.2 Å².